The number of halogens is 1. The number of ether oxygens (including phenoxy) is 1. The van der Waals surface area contributed by atoms with Gasteiger partial charge in [0, 0.05) is 23.2 Å². The van der Waals surface area contributed by atoms with Gasteiger partial charge in [-0.25, -0.2) is 4.57 Å². The summed E-state index contributed by atoms with van der Waals surface area (Å²) in [7, 11) is 4.04. The molecule has 0 amide bonds. The second-order valence-corrected chi connectivity index (χ2v) is 7.59. The first kappa shape index (κ1) is 18.5. The van der Waals surface area contributed by atoms with E-state index < -0.39 is 0 Å². The Hall–Kier alpha value is -2.83. The number of fused-ring (bicyclic) bond motifs is 2. The number of anilines is 1. The van der Waals surface area contributed by atoms with Crippen molar-refractivity contribution in [1.82, 2.24) is 9.88 Å². The summed E-state index contributed by atoms with van der Waals surface area (Å²) in [4.78, 5) is 6.61. The molecule has 0 saturated carbocycles. The van der Waals surface area contributed by atoms with Gasteiger partial charge in [0.2, 0.25) is 12.1 Å². The number of aromatic hydroxyl groups is 1. The second-order valence-electron chi connectivity index (χ2n) is 7.15. The van der Waals surface area contributed by atoms with E-state index in [9.17, 15) is 5.11 Å². The van der Waals surface area contributed by atoms with Crippen LogP contribution in [0.5, 0.6) is 17.4 Å². The SMILES string of the molecule is CN(C)CC[n+]1cnc2c(c1N)[C@@H](c1ccc(Cl)cc1)c1ccc(O)cc1O2. The summed E-state index contributed by atoms with van der Waals surface area (Å²) >= 11 is 6.10. The van der Waals surface area contributed by atoms with Gasteiger partial charge in [0.1, 0.15) is 17.1 Å². The summed E-state index contributed by atoms with van der Waals surface area (Å²) in [5.41, 5.74) is 9.36. The van der Waals surface area contributed by atoms with E-state index in [1.807, 2.05) is 49.0 Å². The van der Waals surface area contributed by atoms with Crippen molar-refractivity contribution in [1.29, 1.82) is 0 Å². The van der Waals surface area contributed by atoms with Gasteiger partial charge in [-0.1, -0.05) is 34.8 Å². The second kappa shape index (κ2) is 7.30. The van der Waals surface area contributed by atoms with E-state index in [0.717, 1.165) is 29.8 Å². The number of aromatic nitrogens is 2. The largest absolute Gasteiger partial charge is 0.508 e. The number of benzene rings is 2. The van der Waals surface area contributed by atoms with Crippen LogP contribution in [0.1, 0.15) is 22.6 Å². The molecule has 7 heteroatoms. The van der Waals surface area contributed by atoms with Crippen LogP contribution in [0.3, 0.4) is 0 Å². The highest BCUT2D eigenvalue weighted by Gasteiger charge is 2.36. The number of hydrogen-bond acceptors (Lipinski definition) is 5. The molecule has 4 rings (SSSR count). The third-order valence-corrected chi connectivity index (χ3v) is 5.18. The number of nitrogen functional groups attached to an aromatic ring is 1. The predicted molar refractivity (Wildman–Crippen MR) is 108 cm³/mol. The standard InChI is InChI=1S/C21H21ClN4O2/c1-25(2)9-10-26-12-24-21-19(20(26)23)18(13-3-5-14(22)6-4-13)16-8-7-15(27)11-17(16)28-21/h3-8,11-12,18,23,27H,9-10H2,1-2H3/p+1/t18-/m0/s1. The molecule has 2 heterocycles. The highest BCUT2D eigenvalue weighted by Crippen LogP contribution is 2.48. The third kappa shape index (κ3) is 3.37. The number of hydrogen-bond donors (Lipinski definition) is 2. The van der Waals surface area contributed by atoms with Crippen molar-refractivity contribution < 1.29 is 14.4 Å². The first-order valence-corrected chi connectivity index (χ1v) is 9.40. The minimum atomic E-state index is -0.170. The first-order valence-electron chi connectivity index (χ1n) is 9.03. The smallest absolute Gasteiger partial charge is 0.306 e. The van der Waals surface area contributed by atoms with Gasteiger partial charge in [-0.15, -0.1) is 0 Å². The van der Waals surface area contributed by atoms with Crippen LogP contribution in [0.4, 0.5) is 5.82 Å². The Morgan fingerprint density at radius 2 is 1.96 bits per heavy atom. The van der Waals surface area contributed by atoms with Crippen molar-refractivity contribution >= 4 is 17.4 Å². The maximum Gasteiger partial charge on any atom is 0.306 e. The van der Waals surface area contributed by atoms with Crippen molar-refractivity contribution in [3.8, 4) is 17.4 Å². The average molecular weight is 398 g/mol. The van der Waals surface area contributed by atoms with Crippen molar-refractivity contribution in [2.75, 3.05) is 26.4 Å². The molecule has 0 spiro atoms. The molecule has 1 aliphatic heterocycles. The minimum Gasteiger partial charge on any atom is -0.508 e. The molecule has 0 fully saturated rings. The van der Waals surface area contributed by atoms with Crippen LogP contribution < -0.4 is 15.0 Å². The first-order chi connectivity index (χ1) is 13.4. The lowest BCUT2D eigenvalue weighted by molar-refractivity contribution is -0.685. The van der Waals surface area contributed by atoms with Gasteiger partial charge in [0.05, 0.1) is 12.5 Å². The Labute approximate surface area is 168 Å². The molecule has 0 aliphatic carbocycles. The van der Waals surface area contributed by atoms with Crippen molar-refractivity contribution in [3.05, 3.63) is 70.5 Å². The molecular formula is C21H22ClN4O2+. The van der Waals surface area contributed by atoms with E-state index in [-0.39, 0.29) is 11.7 Å². The van der Waals surface area contributed by atoms with Crippen LogP contribution in [0.15, 0.2) is 48.8 Å². The molecule has 0 bridgehead atoms. The zero-order chi connectivity index (χ0) is 19.8. The number of rotatable bonds is 4. The molecule has 0 unspecified atom stereocenters. The normalized spacial score (nSPS) is 15.1. The molecule has 144 valence electrons. The summed E-state index contributed by atoms with van der Waals surface area (Å²) in [5, 5.41) is 10.6. The van der Waals surface area contributed by atoms with Crippen LogP contribution in [-0.2, 0) is 6.54 Å². The Balaban J connectivity index is 1.89. The van der Waals surface area contributed by atoms with Gasteiger partial charge in [-0.05, 0) is 37.9 Å². The fraction of sp³-hybridized carbons (Fsp3) is 0.238. The van der Waals surface area contributed by atoms with Gasteiger partial charge >= 0.3 is 5.88 Å². The van der Waals surface area contributed by atoms with E-state index in [0.29, 0.717) is 22.5 Å². The highest BCUT2D eigenvalue weighted by molar-refractivity contribution is 6.30. The van der Waals surface area contributed by atoms with E-state index >= 15 is 0 Å². The Morgan fingerprint density at radius 3 is 2.68 bits per heavy atom. The van der Waals surface area contributed by atoms with Crippen molar-refractivity contribution in [2.45, 2.75) is 12.5 Å². The predicted octanol–water partition coefficient (Wildman–Crippen LogP) is 3.16. The summed E-state index contributed by atoms with van der Waals surface area (Å²) in [5.74, 6) is 1.62. The molecule has 3 N–H and O–H groups in total. The van der Waals surface area contributed by atoms with E-state index in [2.05, 4.69) is 9.88 Å². The molecule has 6 nitrogen and oxygen atoms in total. The number of phenols is 1. The van der Waals surface area contributed by atoms with Crippen molar-refractivity contribution in [2.24, 2.45) is 0 Å². The maximum atomic E-state index is 9.90. The molecule has 1 aliphatic rings. The number of nitrogens with zero attached hydrogens (tertiary/aromatic N) is 3. The molecular weight excluding hydrogens is 376 g/mol. The highest BCUT2D eigenvalue weighted by atomic mass is 35.5. The molecule has 3 aromatic rings. The molecule has 1 aromatic heterocycles. The van der Waals surface area contributed by atoms with Crippen LogP contribution in [0.25, 0.3) is 0 Å². The van der Waals surface area contributed by atoms with Crippen molar-refractivity contribution in [3.63, 3.8) is 0 Å². The van der Waals surface area contributed by atoms with Gasteiger partial charge in [0.25, 0.3) is 0 Å². The quantitative estimate of drug-likeness (QED) is 0.517. The number of likely N-dealkylation sites (N-methyl/N-ethyl adjacent to an activating group) is 1. The Kier molecular flexibility index (Phi) is 4.83. The van der Waals surface area contributed by atoms with Gasteiger partial charge in [-0.2, -0.15) is 0 Å². The topological polar surface area (TPSA) is 75.5 Å². The Bertz CT molecular complexity index is 1020. The van der Waals surface area contributed by atoms with Crippen LogP contribution >= 0.6 is 11.6 Å². The lowest BCUT2D eigenvalue weighted by atomic mass is 9.83. The van der Waals surface area contributed by atoms with Gasteiger partial charge < -0.3 is 20.5 Å². The average Bonchev–Trinajstić information content (AvgIpc) is 2.66. The molecule has 28 heavy (non-hydrogen) atoms. The minimum absolute atomic E-state index is 0.141. The number of phenolic OH excluding ortho intramolecular Hbond substituents is 1. The lowest BCUT2D eigenvalue weighted by Crippen LogP contribution is -2.43. The van der Waals surface area contributed by atoms with Crippen LogP contribution in [0, 0.1) is 0 Å². The monoisotopic (exact) mass is 397 g/mol. The fourth-order valence-electron chi connectivity index (χ4n) is 3.47. The van der Waals surface area contributed by atoms with E-state index in [1.54, 1.807) is 18.5 Å². The van der Waals surface area contributed by atoms with E-state index in [4.69, 9.17) is 22.1 Å². The van der Waals surface area contributed by atoms with Crippen LogP contribution in [0.2, 0.25) is 5.02 Å². The Morgan fingerprint density at radius 1 is 1.21 bits per heavy atom. The summed E-state index contributed by atoms with van der Waals surface area (Å²) < 4.78 is 7.94. The molecule has 2 aromatic carbocycles. The molecule has 0 saturated heterocycles. The van der Waals surface area contributed by atoms with Gasteiger partial charge in [0.15, 0.2) is 0 Å². The summed E-state index contributed by atoms with van der Waals surface area (Å²) in [6.45, 7) is 1.56. The zero-order valence-corrected chi connectivity index (χ0v) is 16.5. The summed E-state index contributed by atoms with van der Waals surface area (Å²) in [6.07, 6.45) is 1.70. The molecule has 0 radical (unpaired) electrons. The third-order valence-electron chi connectivity index (χ3n) is 4.93. The lowest BCUT2D eigenvalue weighted by Gasteiger charge is -2.27. The number of nitrogens with two attached hydrogens (primary N) is 1. The summed E-state index contributed by atoms with van der Waals surface area (Å²) in [6, 6.07) is 12.8. The zero-order valence-electron chi connectivity index (χ0n) is 15.8. The molecule has 1 atom stereocenters. The van der Waals surface area contributed by atoms with Gasteiger partial charge in [-0.3, -0.25) is 0 Å². The van der Waals surface area contributed by atoms with Crippen LogP contribution in [-0.4, -0.2) is 35.6 Å². The fourth-order valence-corrected chi connectivity index (χ4v) is 3.59. The van der Waals surface area contributed by atoms with E-state index in [1.165, 1.54) is 0 Å². The maximum absolute atomic E-state index is 9.90.